The molecule has 10 nitrogen and oxygen atoms in total. The van der Waals surface area contributed by atoms with E-state index < -0.39 is 32.5 Å². The van der Waals surface area contributed by atoms with Crippen LogP contribution in [-0.4, -0.2) is 49.8 Å². The van der Waals surface area contributed by atoms with E-state index in [-0.39, 0.29) is 22.0 Å². The van der Waals surface area contributed by atoms with Gasteiger partial charge in [0.2, 0.25) is 15.9 Å². The fraction of sp³-hybridized carbons (Fsp3) is 0.174. The SMILES string of the molecule is COc1ccc(OC)c(NS(=O)(=O)c2ccc(NC(=O)CN(c3cccc(Cl)c3)S(C)(=O)=O)cc2)c1. The van der Waals surface area contributed by atoms with Crippen molar-refractivity contribution in [3.05, 3.63) is 71.8 Å². The minimum atomic E-state index is -3.99. The summed E-state index contributed by atoms with van der Waals surface area (Å²) in [6.07, 6.45) is 0.977. The van der Waals surface area contributed by atoms with Crippen LogP contribution in [0, 0.1) is 0 Å². The molecular weight excluding hydrogens is 530 g/mol. The first-order chi connectivity index (χ1) is 16.9. The van der Waals surface area contributed by atoms with Crippen molar-refractivity contribution in [1.29, 1.82) is 0 Å². The normalized spacial score (nSPS) is 11.4. The summed E-state index contributed by atoms with van der Waals surface area (Å²) in [5.74, 6) is 0.112. The highest BCUT2D eigenvalue weighted by molar-refractivity contribution is 7.92. The van der Waals surface area contributed by atoms with Gasteiger partial charge in [-0.2, -0.15) is 0 Å². The van der Waals surface area contributed by atoms with E-state index in [2.05, 4.69) is 10.0 Å². The lowest BCUT2D eigenvalue weighted by Gasteiger charge is -2.22. The second kappa shape index (κ2) is 11.1. The Kier molecular flexibility index (Phi) is 8.33. The number of nitrogens with zero attached hydrogens (tertiary/aromatic N) is 1. The summed E-state index contributed by atoms with van der Waals surface area (Å²) in [7, 11) is -4.91. The molecule has 3 rings (SSSR count). The van der Waals surface area contributed by atoms with Crippen molar-refractivity contribution in [1.82, 2.24) is 0 Å². The van der Waals surface area contributed by atoms with Crippen LogP contribution in [0.15, 0.2) is 71.6 Å². The number of nitrogens with one attached hydrogen (secondary N) is 2. The number of sulfonamides is 2. The number of ether oxygens (including phenoxy) is 2. The highest BCUT2D eigenvalue weighted by Gasteiger charge is 2.22. The number of hydrogen-bond acceptors (Lipinski definition) is 7. The maximum Gasteiger partial charge on any atom is 0.262 e. The van der Waals surface area contributed by atoms with Crippen molar-refractivity contribution in [3.8, 4) is 11.5 Å². The molecule has 13 heteroatoms. The Hall–Kier alpha value is -3.48. The summed E-state index contributed by atoms with van der Waals surface area (Å²) in [5, 5.41) is 2.88. The number of amides is 1. The number of carbonyl (C=O) groups excluding carboxylic acids is 1. The third kappa shape index (κ3) is 6.80. The molecule has 36 heavy (non-hydrogen) atoms. The summed E-state index contributed by atoms with van der Waals surface area (Å²) < 4.78 is 63.9. The molecule has 2 N–H and O–H groups in total. The minimum Gasteiger partial charge on any atom is -0.497 e. The predicted molar refractivity (Wildman–Crippen MR) is 139 cm³/mol. The molecule has 0 unspecified atom stereocenters. The van der Waals surface area contributed by atoms with Crippen molar-refractivity contribution in [2.75, 3.05) is 41.4 Å². The largest absolute Gasteiger partial charge is 0.497 e. The van der Waals surface area contributed by atoms with Gasteiger partial charge in [0.1, 0.15) is 18.0 Å². The molecule has 0 bridgehead atoms. The molecule has 0 radical (unpaired) electrons. The molecule has 1 amide bonds. The Morgan fingerprint density at radius 2 is 1.64 bits per heavy atom. The average molecular weight is 554 g/mol. The Labute approximate surface area is 214 Å². The maximum atomic E-state index is 12.9. The quantitative estimate of drug-likeness (QED) is 0.392. The summed E-state index contributed by atoms with van der Waals surface area (Å²) in [5.41, 5.74) is 0.703. The third-order valence-electron chi connectivity index (χ3n) is 4.88. The molecule has 0 aliphatic rings. The van der Waals surface area contributed by atoms with Crippen LogP contribution < -0.4 is 23.8 Å². The van der Waals surface area contributed by atoms with E-state index in [1.54, 1.807) is 24.3 Å². The summed E-state index contributed by atoms with van der Waals surface area (Å²) in [6.45, 7) is -0.504. The second-order valence-corrected chi connectivity index (χ2v) is 11.5. The van der Waals surface area contributed by atoms with E-state index in [9.17, 15) is 21.6 Å². The van der Waals surface area contributed by atoms with E-state index in [1.807, 2.05) is 0 Å². The zero-order chi connectivity index (χ0) is 26.5. The Morgan fingerprint density at radius 1 is 0.944 bits per heavy atom. The lowest BCUT2D eigenvalue weighted by atomic mass is 10.3. The third-order valence-corrected chi connectivity index (χ3v) is 7.64. The van der Waals surface area contributed by atoms with E-state index in [1.165, 1.54) is 56.7 Å². The van der Waals surface area contributed by atoms with Crippen LogP contribution in [0.25, 0.3) is 0 Å². The van der Waals surface area contributed by atoms with Crippen LogP contribution in [-0.2, 0) is 24.8 Å². The Balaban J connectivity index is 1.74. The van der Waals surface area contributed by atoms with Crippen LogP contribution in [0.2, 0.25) is 5.02 Å². The number of hydrogen-bond donors (Lipinski definition) is 2. The van der Waals surface area contributed by atoms with Crippen molar-refractivity contribution < 1.29 is 31.1 Å². The first-order valence-electron chi connectivity index (χ1n) is 10.3. The molecule has 0 saturated carbocycles. The lowest BCUT2D eigenvalue weighted by Crippen LogP contribution is -2.37. The van der Waals surface area contributed by atoms with Gasteiger partial charge in [0.15, 0.2) is 0 Å². The topological polar surface area (TPSA) is 131 Å². The van der Waals surface area contributed by atoms with Crippen LogP contribution in [0.4, 0.5) is 17.1 Å². The Morgan fingerprint density at radius 3 is 2.22 bits per heavy atom. The van der Waals surface area contributed by atoms with Gasteiger partial charge in [0.05, 0.1) is 36.7 Å². The molecule has 192 valence electrons. The standard InChI is InChI=1S/C23H24ClN3O7S2/c1-33-19-9-12-22(34-2)21(14-19)26-36(31,32)20-10-7-17(8-11-20)25-23(28)15-27(35(3,29)30)18-6-4-5-16(24)13-18/h4-14,26H,15H2,1-3H3,(H,25,28). The monoisotopic (exact) mass is 553 g/mol. The number of rotatable bonds is 10. The minimum absolute atomic E-state index is 0.0675. The molecule has 0 aliphatic carbocycles. The van der Waals surface area contributed by atoms with Gasteiger partial charge >= 0.3 is 0 Å². The molecule has 0 fully saturated rings. The average Bonchev–Trinajstić information content (AvgIpc) is 2.82. The van der Waals surface area contributed by atoms with E-state index in [0.717, 1.165) is 10.6 Å². The second-order valence-electron chi connectivity index (χ2n) is 7.49. The summed E-state index contributed by atoms with van der Waals surface area (Å²) in [6, 6.07) is 16.2. The molecular formula is C23H24ClN3O7S2. The number of halogens is 1. The van der Waals surface area contributed by atoms with E-state index in [4.69, 9.17) is 21.1 Å². The number of carbonyl (C=O) groups is 1. The maximum absolute atomic E-state index is 12.9. The first kappa shape index (κ1) is 27.1. The van der Waals surface area contributed by atoms with Gasteiger partial charge < -0.3 is 14.8 Å². The molecule has 3 aromatic carbocycles. The van der Waals surface area contributed by atoms with Crippen molar-refractivity contribution in [2.24, 2.45) is 0 Å². The Bertz CT molecular complexity index is 1460. The fourth-order valence-electron chi connectivity index (χ4n) is 3.18. The predicted octanol–water partition coefficient (Wildman–Crippen LogP) is 3.56. The van der Waals surface area contributed by atoms with E-state index >= 15 is 0 Å². The van der Waals surface area contributed by atoms with Gasteiger partial charge in [-0.05, 0) is 54.6 Å². The zero-order valence-corrected chi connectivity index (χ0v) is 21.9. The van der Waals surface area contributed by atoms with Crippen molar-refractivity contribution >= 4 is 54.6 Å². The smallest absolute Gasteiger partial charge is 0.262 e. The molecule has 0 saturated heterocycles. The van der Waals surface area contributed by atoms with Gasteiger partial charge in [-0.1, -0.05) is 17.7 Å². The van der Waals surface area contributed by atoms with Gasteiger partial charge in [-0.25, -0.2) is 16.8 Å². The summed E-state index contributed by atoms with van der Waals surface area (Å²) >= 11 is 5.95. The highest BCUT2D eigenvalue weighted by Crippen LogP contribution is 2.31. The van der Waals surface area contributed by atoms with Crippen LogP contribution >= 0.6 is 11.6 Å². The molecule has 0 heterocycles. The molecule has 3 aromatic rings. The lowest BCUT2D eigenvalue weighted by molar-refractivity contribution is -0.114. The van der Waals surface area contributed by atoms with Crippen molar-refractivity contribution in [3.63, 3.8) is 0 Å². The van der Waals surface area contributed by atoms with Gasteiger partial charge in [-0.3, -0.25) is 13.8 Å². The number of methoxy groups -OCH3 is 2. The molecule has 0 spiro atoms. The highest BCUT2D eigenvalue weighted by atomic mass is 35.5. The van der Waals surface area contributed by atoms with Gasteiger partial charge in [0, 0.05) is 16.8 Å². The first-order valence-corrected chi connectivity index (χ1v) is 14.0. The van der Waals surface area contributed by atoms with Gasteiger partial charge in [0.25, 0.3) is 10.0 Å². The molecule has 0 aromatic heterocycles. The van der Waals surface area contributed by atoms with Crippen LogP contribution in [0.1, 0.15) is 0 Å². The fourth-order valence-corrected chi connectivity index (χ4v) is 5.27. The zero-order valence-electron chi connectivity index (χ0n) is 19.6. The van der Waals surface area contributed by atoms with E-state index in [0.29, 0.717) is 16.5 Å². The molecule has 0 aliphatic heterocycles. The van der Waals surface area contributed by atoms with Crippen molar-refractivity contribution in [2.45, 2.75) is 4.90 Å². The molecule has 0 atom stereocenters. The number of anilines is 3. The van der Waals surface area contributed by atoms with Crippen LogP contribution in [0.3, 0.4) is 0 Å². The summed E-state index contributed by atoms with van der Waals surface area (Å²) in [4.78, 5) is 12.5. The number of benzene rings is 3. The van der Waals surface area contributed by atoms with Gasteiger partial charge in [-0.15, -0.1) is 0 Å². The van der Waals surface area contributed by atoms with Crippen LogP contribution in [0.5, 0.6) is 11.5 Å².